The molecule has 15 heavy (non-hydrogen) atoms. The number of para-hydroxylation sites is 1. The summed E-state index contributed by atoms with van der Waals surface area (Å²) >= 11 is 0. The number of amides is 1. The molecule has 1 rings (SSSR count). The van der Waals surface area contributed by atoms with Crippen LogP contribution in [0.2, 0.25) is 0 Å². The fourth-order valence-corrected chi connectivity index (χ4v) is 1.69. The molecule has 1 amide bonds. The number of rotatable bonds is 4. The quantitative estimate of drug-likeness (QED) is 0.777. The standard InChI is InChI=1S/C9H12NO4P/c1-2-14-15(12,13)9(11)10-8-6-4-3-5-7-8/h3-7H,2H2,1H3,(H,10,11)(H,12,13). The molecular formula is C9H12NO4P. The van der Waals surface area contributed by atoms with Crippen molar-refractivity contribution < 1.29 is 18.8 Å². The first kappa shape index (κ1) is 11.9. The second kappa shape index (κ2) is 5.07. The van der Waals surface area contributed by atoms with Gasteiger partial charge in [0.1, 0.15) is 0 Å². The smallest absolute Gasteiger partial charge is 0.318 e. The summed E-state index contributed by atoms with van der Waals surface area (Å²) < 4.78 is 15.7. The van der Waals surface area contributed by atoms with E-state index in [-0.39, 0.29) is 6.61 Å². The van der Waals surface area contributed by atoms with Crippen LogP contribution in [-0.4, -0.2) is 17.1 Å². The van der Waals surface area contributed by atoms with Crippen LogP contribution in [0, 0.1) is 0 Å². The summed E-state index contributed by atoms with van der Waals surface area (Å²) in [6.45, 7) is 1.55. The van der Waals surface area contributed by atoms with Crippen molar-refractivity contribution in [1.29, 1.82) is 0 Å². The Kier molecular flexibility index (Phi) is 4.03. The third-order valence-electron chi connectivity index (χ3n) is 1.59. The van der Waals surface area contributed by atoms with E-state index in [0.717, 1.165) is 0 Å². The van der Waals surface area contributed by atoms with E-state index >= 15 is 0 Å². The topological polar surface area (TPSA) is 75.6 Å². The van der Waals surface area contributed by atoms with E-state index in [2.05, 4.69) is 9.84 Å². The molecule has 0 radical (unpaired) electrons. The molecular weight excluding hydrogens is 217 g/mol. The van der Waals surface area contributed by atoms with Gasteiger partial charge in [-0.15, -0.1) is 0 Å². The van der Waals surface area contributed by atoms with E-state index in [1.807, 2.05) is 0 Å². The minimum absolute atomic E-state index is 0.00991. The summed E-state index contributed by atoms with van der Waals surface area (Å²) in [5, 5.41) is 2.29. The predicted molar refractivity (Wildman–Crippen MR) is 56.9 cm³/mol. The van der Waals surface area contributed by atoms with Crippen LogP contribution in [0.5, 0.6) is 0 Å². The van der Waals surface area contributed by atoms with Gasteiger partial charge in [0.2, 0.25) is 0 Å². The van der Waals surface area contributed by atoms with Crippen molar-refractivity contribution in [3.63, 3.8) is 0 Å². The number of carbonyl (C=O) groups excluding carboxylic acids is 1. The maximum Gasteiger partial charge on any atom is 0.415 e. The van der Waals surface area contributed by atoms with Gasteiger partial charge < -0.3 is 14.7 Å². The van der Waals surface area contributed by atoms with Gasteiger partial charge in [0, 0.05) is 5.69 Å². The van der Waals surface area contributed by atoms with Gasteiger partial charge in [-0.2, -0.15) is 0 Å². The molecule has 0 aliphatic carbocycles. The second-order valence-corrected chi connectivity index (χ2v) is 4.44. The predicted octanol–water partition coefficient (Wildman–Crippen LogP) is 2.44. The molecule has 82 valence electrons. The first-order valence-corrected chi connectivity index (χ1v) is 5.98. The van der Waals surface area contributed by atoms with Crippen molar-refractivity contribution in [2.24, 2.45) is 0 Å². The molecule has 0 spiro atoms. The lowest BCUT2D eigenvalue weighted by Gasteiger charge is -2.10. The summed E-state index contributed by atoms with van der Waals surface area (Å²) in [6, 6.07) is 8.42. The van der Waals surface area contributed by atoms with Crippen molar-refractivity contribution in [3.8, 4) is 0 Å². The number of nitrogens with one attached hydrogen (secondary N) is 1. The molecule has 0 aliphatic rings. The lowest BCUT2D eigenvalue weighted by molar-refractivity contribution is 0.242. The highest BCUT2D eigenvalue weighted by atomic mass is 31.2. The zero-order chi connectivity index (χ0) is 11.3. The SMILES string of the molecule is CCOP(=O)(O)C(=O)Nc1ccccc1. The number of benzene rings is 1. The van der Waals surface area contributed by atoms with Crippen LogP contribution in [0.3, 0.4) is 0 Å². The van der Waals surface area contributed by atoms with E-state index in [9.17, 15) is 9.36 Å². The second-order valence-electron chi connectivity index (χ2n) is 2.73. The summed E-state index contributed by atoms with van der Waals surface area (Å²) in [6.07, 6.45) is 0. The van der Waals surface area contributed by atoms with E-state index in [1.165, 1.54) is 0 Å². The van der Waals surface area contributed by atoms with Crippen LogP contribution < -0.4 is 5.32 Å². The zero-order valence-electron chi connectivity index (χ0n) is 8.21. The van der Waals surface area contributed by atoms with Crippen LogP contribution >= 0.6 is 7.60 Å². The van der Waals surface area contributed by atoms with E-state index < -0.39 is 13.2 Å². The van der Waals surface area contributed by atoms with Crippen molar-refractivity contribution >= 4 is 18.9 Å². The van der Waals surface area contributed by atoms with Gasteiger partial charge in [0.05, 0.1) is 6.61 Å². The molecule has 2 N–H and O–H groups in total. The Balaban J connectivity index is 2.68. The van der Waals surface area contributed by atoms with Crippen molar-refractivity contribution in [1.82, 2.24) is 0 Å². The number of carbonyl (C=O) groups is 1. The maximum atomic E-state index is 11.3. The minimum Gasteiger partial charge on any atom is -0.318 e. The molecule has 0 aromatic heterocycles. The Morgan fingerprint density at radius 2 is 2.07 bits per heavy atom. The van der Waals surface area contributed by atoms with Gasteiger partial charge in [-0.1, -0.05) is 18.2 Å². The lowest BCUT2D eigenvalue weighted by atomic mass is 10.3. The fraction of sp³-hybridized carbons (Fsp3) is 0.222. The number of hydrogen-bond acceptors (Lipinski definition) is 3. The Bertz CT molecular complexity index is 379. The van der Waals surface area contributed by atoms with Crippen LogP contribution in [0.1, 0.15) is 6.92 Å². The molecule has 0 fully saturated rings. The largest absolute Gasteiger partial charge is 0.415 e. The van der Waals surface area contributed by atoms with Crippen LogP contribution in [0.15, 0.2) is 30.3 Å². The van der Waals surface area contributed by atoms with Gasteiger partial charge in [-0.3, -0.25) is 4.79 Å². The van der Waals surface area contributed by atoms with Crippen LogP contribution in [0.25, 0.3) is 0 Å². The van der Waals surface area contributed by atoms with Gasteiger partial charge in [0.25, 0.3) is 0 Å². The molecule has 0 saturated heterocycles. The minimum atomic E-state index is -4.20. The van der Waals surface area contributed by atoms with E-state index in [4.69, 9.17) is 4.89 Å². The summed E-state index contributed by atoms with van der Waals surface area (Å²) in [7, 11) is -4.20. The van der Waals surface area contributed by atoms with E-state index in [1.54, 1.807) is 37.3 Å². The molecule has 5 nitrogen and oxygen atoms in total. The van der Waals surface area contributed by atoms with Gasteiger partial charge >= 0.3 is 13.2 Å². The van der Waals surface area contributed by atoms with Gasteiger partial charge in [0.15, 0.2) is 0 Å². The first-order valence-electron chi connectivity index (χ1n) is 4.40. The molecule has 1 unspecified atom stereocenters. The van der Waals surface area contributed by atoms with E-state index in [0.29, 0.717) is 5.69 Å². The van der Waals surface area contributed by atoms with Crippen molar-refractivity contribution in [2.45, 2.75) is 6.92 Å². The highest BCUT2D eigenvalue weighted by Gasteiger charge is 2.29. The van der Waals surface area contributed by atoms with Crippen LogP contribution in [-0.2, 0) is 9.09 Å². The summed E-state index contributed by atoms with van der Waals surface area (Å²) in [5.74, 6) is 0. The highest BCUT2D eigenvalue weighted by Crippen LogP contribution is 2.43. The molecule has 6 heteroatoms. The third-order valence-corrected chi connectivity index (χ3v) is 2.82. The maximum absolute atomic E-state index is 11.3. The highest BCUT2D eigenvalue weighted by molar-refractivity contribution is 7.71. The molecule has 1 atom stereocenters. The Morgan fingerprint density at radius 1 is 1.47 bits per heavy atom. The van der Waals surface area contributed by atoms with Crippen LogP contribution in [0.4, 0.5) is 10.5 Å². The van der Waals surface area contributed by atoms with Crippen molar-refractivity contribution in [2.75, 3.05) is 11.9 Å². The molecule has 1 aromatic rings. The molecule has 1 aromatic carbocycles. The zero-order valence-corrected chi connectivity index (χ0v) is 9.11. The third kappa shape index (κ3) is 3.47. The lowest BCUT2D eigenvalue weighted by Crippen LogP contribution is -2.11. The first-order chi connectivity index (χ1) is 7.06. The fourth-order valence-electron chi connectivity index (χ4n) is 0.949. The number of hydrogen-bond donors (Lipinski definition) is 2. The Labute approximate surface area is 87.6 Å². The summed E-state index contributed by atoms with van der Waals surface area (Å²) in [4.78, 5) is 20.4. The molecule has 0 bridgehead atoms. The molecule has 0 heterocycles. The molecule has 0 saturated carbocycles. The Morgan fingerprint density at radius 3 is 2.60 bits per heavy atom. The average molecular weight is 229 g/mol. The molecule has 0 aliphatic heterocycles. The monoisotopic (exact) mass is 229 g/mol. The normalized spacial score (nSPS) is 14.3. The van der Waals surface area contributed by atoms with Crippen molar-refractivity contribution in [3.05, 3.63) is 30.3 Å². The van der Waals surface area contributed by atoms with Gasteiger partial charge in [-0.25, -0.2) is 4.57 Å². The van der Waals surface area contributed by atoms with Gasteiger partial charge in [-0.05, 0) is 19.1 Å². The Hall–Kier alpha value is -1.16. The summed E-state index contributed by atoms with van der Waals surface area (Å²) in [5.41, 5.74) is -0.563. The average Bonchev–Trinajstić information content (AvgIpc) is 2.19. The number of anilines is 1.